The second kappa shape index (κ2) is 9.12. The number of nitrogens with one attached hydrogen (secondary N) is 1. The number of carbonyl (C=O) groups is 2. The fourth-order valence-corrected chi connectivity index (χ4v) is 4.66. The molecule has 0 spiro atoms. The van der Waals surface area contributed by atoms with E-state index in [4.69, 9.17) is 4.74 Å². The molecule has 2 amide bonds. The lowest BCUT2D eigenvalue weighted by atomic mass is 9.78. The van der Waals surface area contributed by atoms with E-state index in [1.54, 1.807) is 4.90 Å². The average Bonchev–Trinajstić information content (AvgIpc) is 3.35. The minimum Gasteiger partial charge on any atom is -0.496 e. The van der Waals surface area contributed by atoms with Gasteiger partial charge in [0.1, 0.15) is 17.1 Å². The van der Waals surface area contributed by atoms with Crippen LogP contribution in [0.3, 0.4) is 0 Å². The van der Waals surface area contributed by atoms with Gasteiger partial charge < -0.3 is 20.1 Å². The molecule has 1 heterocycles. The zero-order chi connectivity index (χ0) is 22.7. The molecule has 0 radical (unpaired) electrons. The van der Waals surface area contributed by atoms with Crippen molar-refractivity contribution >= 4 is 11.8 Å². The van der Waals surface area contributed by atoms with Crippen molar-refractivity contribution in [3.05, 3.63) is 77.6 Å². The van der Waals surface area contributed by atoms with Crippen molar-refractivity contribution in [1.82, 2.24) is 10.2 Å². The molecule has 1 aliphatic heterocycles. The molecular weight excluding hydrogens is 411 g/mol. The Morgan fingerprint density at radius 1 is 1.12 bits per heavy atom. The summed E-state index contributed by atoms with van der Waals surface area (Å²) in [6.07, 6.45) is 4.64. The van der Waals surface area contributed by atoms with Crippen LogP contribution in [-0.2, 0) is 10.3 Å². The molecule has 1 fully saturated rings. The number of nitrogens with zero attached hydrogens (tertiary/aromatic N) is 1. The number of β-amino-alcohol motifs (C(OH)–C–C–N with tert-alkyl or cyclic N) is 1. The van der Waals surface area contributed by atoms with Gasteiger partial charge in [-0.25, -0.2) is 4.39 Å². The van der Waals surface area contributed by atoms with Crippen LogP contribution in [0.4, 0.5) is 4.39 Å². The SMILES string of the molecule is COc1cccc(F)c1C(=O)N[C@@]1(c2ccccc2)CCN(C(=O)C2CC=CC2)C[C@H]1O. The number of hydrogen-bond donors (Lipinski definition) is 2. The Balaban J connectivity index is 1.63. The van der Waals surface area contributed by atoms with Gasteiger partial charge in [-0.05, 0) is 37.0 Å². The normalized spacial score (nSPS) is 23.2. The average molecular weight is 438 g/mol. The number of amides is 2. The molecule has 4 rings (SSSR count). The van der Waals surface area contributed by atoms with Crippen molar-refractivity contribution in [1.29, 1.82) is 0 Å². The number of piperidine rings is 1. The highest BCUT2D eigenvalue weighted by Crippen LogP contribution is 2.36. The van der Waals surface area contributed by atoms with E-state index >= 15 is 0 Å². The molecule has 0 bridgehead atoms. The molecule has 6 nitrogen and oxygen atoms in total. The molecule has 32 heavy (non-hydrogen) atoms. The van der Waals surface area contributed by atoms with Gasteiger partial charge in [0.05, 0.1) is 18.8 Å². The number of likely N-dealkylation sites (tertiary alicyclic amines) is 1. The second-order valence-corrected chi connectivity index (χ2v) is 8.30. The van der Waals surface area contributed by atoms with Crippen LogP contribution in [-0.4, -0.2) is 48.1 Å². The molecule has 2 N–H and O–H groups in total. The maximum atomic E-state index is 14.5. The molecule has 0 aromatic heterocycles. The first-order valence-corrected chi connectivity index (χ1v) is 10.8. The van der Waals surface area contributed by atoms with Crippen LogP contribution in [0.25, 0.3) is 0 Å². The Hall–Kier alpha value is -3.19. The fourth-order valence-electron chi connectivity index (χ4n) is 4.66. The van der Waals surface area contributed by atoms with E-state index in [0.29, 0.717) is 31.4 Å². The molecule has 2 aromatic rings. The molecule has 7 heteroatoms. The Morgan fingerprint density at radius 2 is 1.84 bits per heavy atom. The second-order valence-electron chi connectivity index (χ2n) is 8.30. The van der Waals surface area contributed by atoms with Crippen LogP contribution in [0, 0.1) is 11.7 Å². The summed E-state index contributed by atoms with van der Waals surface area (Å²) in [4.78, 5) is 27.8. The van der Waals surface area contributed by atoms with E-state index in [1.165, 1.54) is 25.3 Å². The number of carbonyl (C=O) groups excluding carboxylic acids is 2. The van der Waals surface area contributed by atoms with Gasteiger partial charge >= 0.3 is 0 Å². The summed E-state index contributed by atoms with van der Waals surface area (Å²) in [5, 5.41) is 14.2. The first-order valence-electron chi connectivity index (χ1n) is 10.8. The number of methoxy groups -OCH3 is 1. The summed E-state index contributed by atoms with van der Waals surface area (Å²) >= 11 is 0. The van der Waals surface area contributed by atoms with Gasteiger partial charge in [-0.1, -0.05) is 48.6 Å². The lowest BCUT2D eigenvalue weighted by Gasteiger charge is -2.46. The third-order valence-electron chi connectivity index (χ3n) is 6.45. The van der Waals surface area contributed by atoms with E-state index < -0.39 is 23.4 Å². The number of aliphatic hydroxyl groups excluding tert-OH is 1. The highest BCUT2D eigenvalue weighted by molar-refractivity contribution is 5.98. The first-order chi connectivity index (χ1) is 15.5. The highest BCUT2D eigenvalue weighted by Gasteiger charge is 2.47. The van der Waals surface area contributed by atoms with Crippen molar-refractivity contribution < 1.29 is 23.8 Å². The van der Waals surface area contributed by atoms with Crippen LogP contribution in [0.15, 0.2) is 60.7 Å². The molecule has 0 saturated carbocycles. The summed E-state index contributed by atoms with van der Waals surface area (Å²) < 4.78 is 19.7. The molecule has 0 unspecified atom stereocenters. The standard InChI is InChI=1S/C25H27FN2O4/c1-32-20-13-7-12-19(26)22(20)23(30)27-25(18-10-3-2-4-11-18)14-15-28(16-21(25)29)24(31)17-8-5-6-9-17/h2-7,10-13,17,21,29H,8-9,14-16H2,1H3,(H,27,30)/t21-,25-/m1/s1. The van der Waals surface area contributed by atoms with E-state index in [2.05, 4.69) is 5.32 Å². The van der Waals surface area contributed by atoms with Crippen LogP contribution >= 0.6 is 0 Å². The maximum absolute atomic E-state index is 14.5. The number of hydrogen-bond acceptors (Lipinski definition) is 4. The van der Waals surface area contributed by atoms with Crippen LogP contribution < -0.4 is 10.1 Å². The Labute approximate surface area is 186 Å². The number of benzene rings is 2. The highest BCUT2D eigenvalue weighted by atomic mass is 19.1. The van der Waals surface area contributed by atoms with Gasteiger partial charge in [-0.15, -0.1) is 0 Å². The summed E-state index contributed by atoms with van der Waals surface area (Å²) in [6, 6.07) is 13.3. The van der Waals surface area contributed by atoms with Crippen LogP contribution in [0.2, 0.25) is 0 Å². The summed E-state index contributed by atoms with van der Waals surface area (Å²) in [5.74, 6) is -1.36. The molecule has 2 aromatic carbocycles. The summed E-state index contributed by atoms with van der Waals surface area (Å²) in [7, 11) is 1.37. The van der Waals surface area contributed by atoms with Crippen molar-refractivity contribution in [3.8, 4) is 5.75 Å². The van der Waals surface area contributed by atoms with Gasteiger partial charge in [0, 0.05) is 19.0 Å². The van der Waals surface area contributed by atoms with Crippen LogP contribution in [0.1, 0.15) is 35.2 Å². The van der Waals surface area contributed by atoms with Gasteiger partial charge in [0.25, 0.3) is 5.91 Å². The molecule has 1 aliphatic carbocycles. The van der Waals surface area contributed by atoms with E-state index in [1.807, 2.05) is 42.5 Å². The molecule has 168 valence electrons. The number of aliphatic hydroxyl groups is 1. The molecule has 2 aliphatic rings. The molecule has 2 atom stereocenters. The van der Waals surface area contributed by atoms with Crippen molar-refractivity contribution in [2.45, 2.75) is 30.9 Å². The fraction of sp³-hybridized carbons (Fsp3) is 0.360. The lowest BCUT2D eigenvalue weighted by Crippen LogP contribution is -2.63. The summed E-state index contributed by atoms with van der Waals surface area (Å²) in [5.41, 5.74) is -0.685. The van der Waals surface area contributed by atoms with Crippen molar-refractivity contribution in [2.75, 3.05) is 20.2 Å². The minimum atomic E-state index is -1.17. The van der Waals surface area contributed by atoms with Gasteiger partial charge in [0.2, 0.25) is 5.91 Å². The monoisotopic (exact) mass is 438 g/mol. The molecular formula is C25H27FN2O4. The predicted molar refractivity (Wildman–Crippen MR) is 118 cm³/mol. The van der Waals surface area contributed by atoms with Gasteiger partial charge in [0.15, 0.2) is 0 Å². The quantitative estimate of drug-likeness (QED) is 0.704. The lowest BCUT2D eigenvalue weighted by molar-refractivity contribution is -0.141. The van der Waals surface area contributed by atoms with E-state index in [9.17, 15) is 19.1 Å². The first kappa shape index (κ1) is 22.0. The zero-order valence-electron chi connectivity index (χ0n) is 18.0. The Morgan fingerprint density at radius 3 is 2.50 bits per heavy atom. The number of rotatable bonds is 5. The largest absolute Gasteiger partial charge is 0.496 e. The van der Waals surface area contributed by atoms with Gasteiger partial charge in [-0.3, -0.25) is 9.59 Å². The number of allylic oxidation sites excluding steroid dienone is 2. The topological polar surface area (TPSA) is 78.9 Å². The van der Waals surface area contributed by atoms with Gasteiger partial charge in [-0.2, -0.15) is 0 Å². The van der Waals surface area contributed by atoms with Crippen LogP contribution in [0.5, 0.6) is 5.75 Å². The Kier molecular flexibility index (Phi) is 6.28. The van der Waals surface area contributed by atoms with E-state index in [-0.39, 0.29) is 29.7 Å². The zero-order valence-corrected chi connectivity index (χ0v) is 18.0. The number of ether oxygens (including phenoxy) is 1. The van der Waals surface area contributed by atoms with Crippen molar-refractivity contribution in [2.24, 2.45) is 5.92 Å². The summed E-state index contributed by atoms with van der Waals surface area (Å²) in [6.45, 7) is 0.453. The molecule has 1 saturated heterocycles. The van der Waals surface area contributed by atoms with Crippen molar-refractivity contribution in [3.63, 3.8) is 0 Å². The van der Waals surface area contributed by atoms with E-state index in [0.717, 1.165) is 0 Å². The Bertz CT molecular complexity index is 1020. The number of halogens is 1. The third-order valence-corrected chi connectivity index (χ3v) is 6.45. The smallest absolute Gasteiger partial charge is 0.258 e. The third kappa shape index (κ3) is 4.00. The predicted octanol–water partition coefficient (Wildman–Crippen LogP) is 3.02. The maximum Gasteiger partial charge on any atom is 0.258 e. The minimum absolute atomic E-state index is 0.0119.